The normalized spacial score (nSPS) is 14.1. The van der Waals surface area contributed by atoms with E-state index >= 15 is 0 Å². The van der Waals surface area contributed by atoms with Crippen LogP contribution in [0.1, 0.15) is 268 Å². The summed E-state index contributed by atoms with van der Waals surface area (Å²) in [6.45, 7) is 24.6. The molecule has 0 fully saturated rings. The molecule has 3 aromatic heterocycles. The molecule has 11 amide bonds. The molecule has 0 spiro atoms. The Morgan fingerprint density at radius 1 is 0.396 bits per heavy atom. The molecule has 31 heteroatoms. The number of hydrogen-bond acceptors (Lipinski definition) is 17. The van der Waals surface area contributed by atoms with Crippen molar-refractivity contribution >= 4 is 92.8 Å². The van der Waals surface area contributed by atoms with Crippen molar-refractivity contribution in [3.05, 3.63) is 314 Å². The molecule has 6 heterocycles. The van der Waals surface area contributed by atoms with Crippen LogP contribution in [0.15, 0.2) is 218 Å². The van der Waals surface area contributed by atoms with Gasteiger partial charge in [-0.1, -0.05) is 226 Å². The fourth-order valence-electron chi connectivity index (χ4n) is 19.3. The van der Waals surface area contributed by atoms with Crippen LogP contribution in [0, 0.1) is 20.8 Å². The van der Waals surface area contributed by atoms with Gasteiger partial charge in [0.1, 0.15) is 0 Å². The maximum Gasteiger partial charge on any atom is 0.274 e. The van der Waals surface area contributed by atoms with Gasteiger partial charge in [0.25, 0.3) is 35.4 Å². The minimum absolute atomic E-state index is 0.0571. The fraction of sp³-hybridized carbons (Fsp3) is 0.390. The number of fused-ring (bicyclic) bond motifs is 4. The lowest BCUT2D eigenvalue weighted by atomic mass is 9.93. The van der Waals surface area contributed by atoms with E-state index in [1.807, 2.05) is 168 Å². The van der Waals surface area contributed by atoms with Crippen molar-refractivity contribution in [1.29, 1.82) is 0 Å². The van der Waals surface area contributed by atoms with E-state index in [9.17, 15) is 63.0 Å². The number of anilines is 3. The van der Waals surface area contributed by atoms with E-state index in [0.29, 0.717) is 158 Å². The predicted molar refractivity (Wildman–Crippen MR) is 581 cm³/mol. The molecule has 9 N–H and O–H groups in total. The van der Waals surface area contributed by atoms with Crippen molar-refractivity contribution in [3.8, 4) is 17.1 Å². The molecule has 0 bridgehead atoms. The van der Waals surface area contributed by atoms with Crippen LogP contribution in [0.4, 0.5) is 17.1 Å². The molecule has 4 atom stereocenters. The number of rotatable bonds is 42. The van der Waals surface area contributed by atoms with Crippen LogP contribution in [-0.2, 0) is 69.3 Å². The third-order valence-corrected chi connectivity index (χ3v) is 27.7. The van der Waals surface area contributed by atoms with Gasteiger partial charge in [-0.2, -0.15) is 15.3 Å². The van der Waals surface area contributed by atoms with Gasteiger partial charge < -0.3 is 71.9 Å². The number of nitrogens with two attached hydrogens (primary N) is 1. The van der Waals surface area contributed by atoms with Gasteiger partial charge in [-0.15, -0.1) is 0 Å². The lowest BCUT2D eigenvalue weighted by Gasteiger charge is -2.37. The summed E-state index contributed by atoms with van der Waals surface area (Å²) in [6.07, 6.45) is 13.1. The monoisotopic (exact) mass is 2020 g/mol. The highest BCUT2D eigenvalue weighted by Gasteiger charge is 2.38. The zero-order valence-corrected chi connectivity index (χ0v) is 87.8. The van der Waals surface area contributed by atoms with Crippen LogP contribution in [0.2, 0.25) is 0 Å². The minimum atomic E-state index is -0.775. The first kappa shape index (κ1) is 111. The smallest absolute Gasteiger partial charge is 0.274 e. The van der Waals surface area contributed by atoms with Gasteiger partial charge in [0.15, 0.2) is 17.1 Å². The summed E-state index contributed by atoms with van der Waals surface area (Å²) in [7, 11) is 1.53. The highest BCUT2D eigenvalue weighted by molar-refractivity contribution is 6.05. The number of carbonyl (C=O) groups excluding carboxylic acids is 11. The highest BCUT2D eigenvalue weighted by atomic mass is 16.3. The predicted octanol–water partition coefficient (Wildman–Crippen LogP) is 17.0. The quantitative estimate of drug-likeness (QED) is 0.0176. The summed E-state index contributed by atoms with van der Waals surface area (Å²) in [4.78, 5) is 159. The summed E-state index contributed by atoms with van der Waals surface area (Å²) >= 11 is 0. The number of aryl methyl sites for hydroxylation is 3. The molecule has 784 valence electrons. The number of nitrogens with zero attached hydrogens (tertiary/aromatic N) is 12. The Morgan fingerprint density at radius 2 is 0.745 bits per heavy atom. The molecule has 1 unspecified atom stereocenters. The second-order valence-electron chi connectivity index (χ2n) is 38.7. The van der Waals surface area contributed by atoms with Crippen LogP contribution < -0.4 is 32.3 Å². The Labute approximate surface area is 873 Å². The van der Waals surface area contributed by atoms with E-state index in [1.165, 1.54) is 19.5 Å². The fourth-order valence-corrected chi connectivity index (χ4v) is 19.3. The zero-order chi connectivity index (χ0) is 106. The van der Waals surface area contributed by atoms with Crippen molar-refractivity contribution in [1.82, 2.24) is 69.4 Å². The van der Waals surface area contributed by atoms with Gasteiger partial charge in [0, 0.05) is 139 Å². The summed E-state index contributed by atoms with van der Waals surface area (Å²) in [5.74, 6) is -3.48. The Bertz CT molecular complexity index is 6680. The molecule has 12 aromatic rings. The van der Waals surface area contributed by atoms with E-state index < -0.39 is 23.9 Å². The number of nitrogens with one attached hydrogen (secondary N) is 5. The maximum absolute atomic E-state index is 14.7. The summed E-state index contributed by atoms with van der Waals surface area (Å²) in [6, 6.07) is 66.6. The van der Waals surface area contributed by atoms with Crippen molar-refractivity contribution in [2.75, 3.05) is 88.6 Å². The molecule has 0 radical (unpaired) electrons. The second-order valence-corrected chi connectivity index (χ2v) is 38.7. The minimum Gasteiger partial charge on any atom is -0.394 e. The number of unbranched alkanes of at least 4 members (excludes halogenated alkanes) is 6. The molecule has 3 aliphatic rings. The lowest BCUT2D eigenvalue weighted by molar-refractivity contribution is -0.125. The van der Waals surface area contributed by atoms with E-state index in [-0.39, 0.29) is 115 Å². The number of aliphatic hydroxyl groups excluding tert-OH is 2. The number of carbonyl (C=O) groups is 11. The average molecular weight is 2020 g/mol. The molecule has 0 aliphatic carbocycles. The molecular formula is C118H144N18O13. The first-order chi connectivity index (χ1) is 72.1. The van der Waals surface area contributed by atoms with Crippen molar-refractivity contribution in [3.63, 3.8) is 0 Å². The Morgan fingerprint density at radius 3 is 1.11 bits per heavy atom. The first-order valence-corrected chi connectivity index (χ1v) is 52.6. The molecule has 0 saturated carbocycles. The first-order valence-electron chi connectivity index (χ1n) is 52.6. The third-order valence-electron chi connectivity index (χ3n) is 27.7. The van der Waals surface area contributed by atoms with Crippen LogP contribution in [-0.4, -0.2) is 225 Å². The topological polar surface area (TPSA) is 387 Å². The number of aliphatic hydroxyl groups is 2. The molecule has 31 nitrogen and oxygen atoms in total. The molecule has 149 heavy (non-hydrogen) atoms. The second kappa shape index (κ2) is 54.0. The standard InChI is InChI=1S/C42H48N6O3.C41H50N6O5.C35H46N6O5/c1-4-6-20-46(21-7-5-2)42(51)38-22-29(3)48(45-38)39-19-18-35(44-40(49)24-30-16-17-31-12-8-9-13-32(31)23-30)26-37(39)41(50)47-28-34-15-11-10-14-33(34)25-36(47)27-43;1-5-7-20-45(21-8-6-2)41(52)36-22-28(3)47(44-36)37-19-18-32(43-39(50)34(25-38(49)42-4)29-14-10-9-11-15-29)24-35(37)40(51)46-26-31-17-13-12-16-30(31)23-33(46)27-48;1-5-7-17-39(18-8-6-2)35(46)31-19-24(3)41(38-31)32-14-13-28(37-33(44)15-16-36-25(4)43)21-30(32)34(45)40-22-27-12-10-9-11-26(27)20-29(40)23-42/h8-19,22-23,26,36H,4-7,20-21,24-25,27-28,43H2,1-3H3,(H,44,49);9-19,22,24,33-34,48H,5-8,20-21,23,25-27H2,1-4H3,(H,42,49)(H,43,50);9-14,19,21,29,42H,5-8,15-18,20,22-23H2,1-4H3,(H,36,43)(H,37,44)/t36-;33-,34?;29-/m000/s1. The number of benzene rings is 9. The van der Waals surface area contributed by atoms with E-state index in [0.717, 1.165) is 127 Å². The molecular weight excluding hydrogens is 1880 g/mol. The van der Waals surface area contributed by atoms with Crippen molar-refractivity contribution in [2.45, 2.75) is 228 Å². The van der Waals surface area contributed by atoms with Crippen LogP contribution >= 0.6 is 0 Å². The third kappa shape index (κ3) is 28.5. The van der Waals surface area contributed by atoms with Gasteiger partial charge in [0.2, 0.25) is 29.5 Å². The van der Waals surface area contributed by atoms with Gasteiger partial charge in [-0.3, -0.25) is 52.7 Å². The van der Waals surface area contributed by atoms with Gasteiger partial charge in [-0.05, 0) is 207 Å². The van der Waals surface area contributed by atoms with Crippen molar-refractivity contribution < 1.29 is 63.0 Å². The highest BCUT2D eigenvalue weighted by Crippen LogP contribution is 2.36. The van der Waals surface area contributed by atoms with E-state index in [2.05, 4.69) is 74.2 Å². The largest absolute Gasteiger partial charge is 0.394 e. The van der Waals surface area contributed by atoms with Crippen molar-refractivity contribution in [2.24, 2.45) is 5.73 Å². The molecule has 0 saturated heterocycles. The molecule has 9 aromatic carbocycles. The number of hydrogen-bond donors (Lipinski definition) is 8. The average Bonchev–Trinajstić information content (AvgIpc) is 1.76. The van der Waals surface area contributed by atoms with Crippen LogP contribution in [0.3, 0.4) is 0 Å². The Balaban J connectivity index is 0.000000187. The SMILES string of the molecule is CCCCN(CCCC)C(=O)c1cc(C)n(-c2ccc(NC(=O)C(CC(=O)NC)c3ccccc3)cc2C(=O)N2Cc3ccccc3C[C@H]2CO)n1.CCCCN(CCCC)C(=O)c1cc(C)n(-c2ccc(NC(=O)CCNC(C)=O)cc2C(=O)N2Cc3ccccc3C[C@H]2CO)n1.CCCCN(CCCC)C(=O)c1cc(C)n(-c2ccc(NC(=O)Cc3ccc4ccccc4c3)cc2C(=O)N2Cc3ccccc3C[C@H]2CN)n1. The zero-order valence-electron chi connectivity index (χ0n) is 87.8. The maximum atomic E-state index is 14.7. The van der Waals surface area contributed by atoms with E-state index in [4.69, 9.17) is 21.0 Å². The lowest BCUT2D eigenvalue weighted by Crippen LogP contribution is -2.48. The summed E-state index contributed by atoms with van der Waals surface area (Å²) in [5.41, 5.74) is 20.9. The number of amides is 11. The van der Waals surface area contributed by atoms with Gasteiger partial charge in [0.05, 0.1) is 71.4 Å². The Hall–Kier alpha value is -15.1. The summed E-state index contributed by atoms with van der Waals surface area (Å²) in [5, 5.41) is 51.2. The van der Waals surface area contributed by atoms with E-state index in [1.54, 1.807) is 109 Å². The Kier molecular flexibility index (Phi) is 40.3. The van der Waals surface area contributed by atoms with Gasteiger partial charge >= 0.3 is 0 Å². The molecule has 15 rings (SSSR count). The summed E-state index contributed by atoms with van der Waals surface area (Å²) < 4.78 is 4.88. The number of aromatic nitrogens is 6. The molecule has 3 aliphatic heterocycles. The van der Waals surface area contributed by atoms with Crippen LogP contribution in [0.25, 0.3) is 27.8 Å². The van der Waals surface area contributed by atoms with Gasteiger partial charge in [-0.25, -0.2) is 14.0 Å². The van der Waals surface area contributed by atoms with Crippen LogP contribution in [0.5, 0.6) is 0 Å².